The number of carbonyl (C=O) groups is 1. The fourth-order valence-electron chi connectivity index (χ4n) is 3.82. The van der Waals surface area contributed by atoms with Crippen LogP contribution >= 0.6 is 23.2 Å². The molecule has 4 rings (SSSR count). The Balaban J connectivity index is 1.97. The van der Waals surface area contributed by atoms with Crippen molar-refractivity contribution in [2.45, 2.75) is 13.3 Å². The molecule has 0 atom stereocenters. The molecular weight excluding hydrogens is 431 g/mol. The van der Waals surface area contributed by atoms with Crippen molar-refractivity contribution in [1.82, 2.24) is 4.57 Å². The zero-order valence-corrected chi connectivity index (χ0v) is 18.5. The lowest BCUT2D eigenvalue weighted by Gasteiger charge is -2.14. The summed E-state index contributed by atoms with van der Waals surface area (Å²) < 4.78 is 6.94. The zero-order chi connectivity index (χ0) is 22.1. The lowest BCUT2D eigenvalue weighted by atomic mass is 10.0. The van der Waals surface area contributed by atoms with Crippen LogP contribution in [-0.2, 0) is 11.2 Å². The molecular formula is C25H18Cl2N2O2. The largest absolute Gasteiger partial charge is 0.465 e. The summed E-state index contributed by atoms with van der Waals surface area (Å²) in [4.78, 5) is 12.1. The minimum absolute atomic E-state index is 0.272. The molecule has 0 saturated heterocycles. The van der Waals surface area contributed by atoms with E-state index in [0.29, 0.717) is 22.6 Å². The summed E-state index contributed by atoms with van der Waals surface area (Å²) in [6.45, 7) is 1.99. The van der Waals surface area contributed by atoms with Gasteiger partial charge in [0.05, 0.1) is 34.8 Å². The fraction of sp³-hybridized carbons (Fsp3) is 0.120. The van der Waals surface area contributed by atoms with Gasteiger partial charge in [0, 0.05) is 28.2 Å². The van der Waals surface area contributed by atoms with Gasteiger partial charge in [-0.15, -0.1) is 0 Å². The first-order chi connectivity index (χ1) is 14.9. The molecule has 0 radical (unpaired) electrons. The number of aromatic nitrogens is 1. The predicted octanol–water partition coefficient (Wildman–Crippen LogP) is 6.49. The Labute approximate surface area is 190 Å². The second-order valence-electron chi connectivity index (χ2n) is 7.20. The molecule has 154 valence electrons. The molecule has 4 nitrogen and oxygen atoms in total. The van der Waals surface area contributed by atoms with E-state index in [1.165, 1.54) is 7.11 Å². The molecule has 0 spiro atoms. The predicted molar refractivity (Wildman–Crippen MR) is 123 cm³/mol. The van der Waals surface area contributed by atoms with Crippen LogP contribution in [0.15, 0.2) is 60.7 Å². The van der Waals surface area contributed by atoms with Gasteiger partial charge in [0.15, 0.2) is 0 Å². The van der Waals surface area contributed by atoms with E-state index in [0.717, 1.165) is 27.8 Å². The first-order valence-corrected chi connectivity index (χ1v) is 10.4. The Morgan fingerprint density at radius 2 is 1.84 bits per heavy atom. The van der Waals surface area contributed by atoms with Gasteiger partial charge < -0.3 is 9.30 Å². The lowest BCUT2D eigenvalue weighted by Crippen LogP contribution is -2.06. The number of esters is 1. The maximum absolute atomic E-state index is 12.1. The number of aryl methyl sites for hydroxylation is 1. The average molecular weight is 449 g/mol. The van der Waals surface area contributed by atoms with Crippen molar-refractivity contribution >= 4 is 40.1 Å². The maximum Gasteiger partial charge on any atom is 0.339 e. The highest BCUT2D eigenvalue weighted by atomic mass is 35.5. The first-order valence-electron chi connectivity index (χ1n) is 9.60. The number of hydrogen-bond donors (Lipinski definition) is 0. The van der Waals surface area contributed by atoms with E-state index < -0.39 is 5.97 Å². The maximum atomic E-state index is 12.1. The average Bonchev–Trinajstić information content (AvgIpc) is 3.15. The minimum Gasteiger partial charge on any atom is -0.465 e. The molecule has 4 aromatic rings. The van der Waals surface area contributed by atoms with Gasteiger partial charge in [-0.05, 0) is 60.5 Å². The number of benzene rings is 3. The van der Waals surface area contributed by atoms with Crippen LogP contribution in [0.3, 0.4) is 0 Å². The van der Waals surface area contributed by atoms with E-state index in [-0.39, 0.29) is 10.6 Å². The van der Waals surface area contributed by atoms with Crippen molar-refractivity contribution in [3.05, 3.63) is 98.7 Å². The lowest BCUT2D eigenvalue weighted by molar-refractivity contribution is 0.0601. The van der Waals surface area contributed by atoms with Crippen LogP contribution in [0.5, 0.6) is 0 Å². The standard InChI is InChI=1S/C25H18Cl2N2O2/c1-15-10-16(14-28)11-23-20(15)12-18(29(23)17-6-4-3-5-7-17)13-21-22(26)9-8-19(24(21)27)25(30)31-2/h3-12H,13H2,1-2H3. The normalized spacial score (nSPS) is 10.8. The Hall–Kier alpha value is -3.26. The van der Waals surface area contributed by atoms with E-state index >= 15 is 0 Å². The van der Waals surface area contributed by atoms with E-state index in [1.54, 1.807) is 12.1 Å². The summed E-state index contributed by atoms with van der Waals surface area (Å²) in [6, 6.07) is 21.2. The highest BCUT2D eigenvalue weighted by Crippen LogP contribution is 2.34. The van der Waals surface area contributed by atoms with Crippen LogP contribution in [0.1, 0.15) is 32.7 Å². The Bertz CT molecular complexity index is 1350. The molecule has 3 aromatic carbocycles. The highest BCUT2D eigenvalue weighted by Gasteiger charge is 2.20. The topological polar surface area (TPSA) is 55.0 Å². The van der Waals surface area contributed by atoms with Crippen LogP contribution in [0.25, 0.3) is 16.6 Å². The van der Waals surface area contributed by atoms with Gasteiger partial charge in [0.2, 0.25) is 0 Å². The number of para-hydroxylation sites is 1. The number of nitrogens with zero attached hydrogens (tertiary/aromatic N) is 2. The molecule has 0 aliphatic rings. The van der Waals surface area contributed by atoms with Crippen molar-refractivity contribution in [2.24, 2.45) is 0 Å². The SMILES string of the molecule is COC(=O)c1ccc(Cl)c(Cc2cc3c(C)cc(C#N)cc3n2-c2ccccc2)c1Cl. The van der Waals surface area contributed by atoms with Gasteiger partial charge >= 0.3 is 5.97 Å². The highest BCUT2D eigenvalue weighted by molar-refractivity contribution is 6.38. The smallest absolute Gasteiger partial charge is 0.339 e. The number of fused-ring (bicyclic) bond motifs is 1. The van der Waals surface area contributed by atoms with Gasteiger partial charge in [-0.1, -0.05) is 41.4 Å². The number of methoxy groups -OCH3 is 1. The molecule has 1 heterocycles. The molecule has 0 fully saturated rings. The van der Waals surface area contributed by atoms with Crippen molar-refractivity contribution < 1.29 is 9.53 Å². The first kappa shape index (κ1) is 21.0. The van der Waals surface area contributed by atoms with Gasteiger partial charge in [0.1, 0.15) is 0 Å². The van der Waals surface area contributed by atoms with Crippen LogP contribution in [-0.4, -0.2) is 17.6 Å². The van der Waals surface area contributed by atoms with Crippen molar-refractivity contribution in [3.8, 4) is 11.8 Å². The van der Waals surface area contributed by atoms with Gasteiger partial charge in [-0.2, -0.15) is 5.26 Å². The van der Waals surface area contributed by atoms with Crippen molar-refractivity contribution in [1.29, 1.82) is 5.26 Å². The molecule has 1 aromatic heterocycles. The quantitative estimate of drug-likeness (QED) is 0.335. The van der Waals surface area contributed by atoms with Crippen LogP contribution < -0.4 is 0 Å². The fourth-order valence-corrected chi connectivity index (χ4v) is 4.40. The monoisotopic (exact) mass is 448 g/mol. The summed E-state index contributed by atoms with van der Waals surface area (Å²) in [5.74, 6) is -0.513. The molecule has 31 heavy (non-hydrogen) atoms. The van der Waals surface area contributed by atoms with Crippen LogP contribution in [0, 0.1) is 18.3 Å². The third-order valence-electron chi connectivity index (χ3n) is 5.30. The number of ether oxygens (including phenoxy) is 1. The summed E-state index contributed by atoms with van der Waals surface area (Å²) in [5, 5.41) is 11.2. The molecule has 0 saturated carbocycles. The Morgan fingerprint density at radius 1 is 1.10 bits per heavy atom. The van der Waals surface area contributed by atoms with Crippen LogP contribution in [0.2, 0.25) is 10.0 Å². The van der Waals surface area contributed by atoms with E-state index in [2.05, 4.69) is 16.7 Å². The molecule has 0 aliphatic carbocycles. The van der Waals surface area contributed by atoms with Crippen LogP contribution in [0.4, 0.5) is 0 Å². The summed E-state index contributed by atoms with van der Waals surface area (Å²) in [7, 11) is 1.32. The van der Waals surface area contributed by atoms with Crippen molar-refractivity contribution in [3.63, 3.8) is 0 Å². The van der Waals surface area contributed by atoms with Gasteiger partial charge in [-0.3, -0.25) is 0 Å². The molecule has 6 heteroatoms. The summed E-state index contributed by atoms with van der Waals surface area (Å²) in [6.07, 6.45) is 0.396. The molecule has 0 N–H and O–H groups in total. The third-order valence-corrected chi connectivity index (χ3v) is 6.08. The minimum atomic E-state index is -0.513. The number of rotatable bonds is 4. The van der Waals surface area contributed by atoms with E-state index in [1.807, 2.05) is 49.4 Å². The zero-order valence-electron chi connectivity index (χ0n) is 16.9. The molecule has 0 amide bonds. The van der Waals surface area contributed by atoms with E-state index in [4.69, 9.17) is 27.9 Å². The summed E-state index contributed by atoms with van der Waals surface area (Å²) >= 11 is 13.1. The van der Waals surface area contributed by atoms with E-state index in [9.17, 15) is 10.1 Å². The second-order valence-corrected chi connectivity index (χ2v) is 7.99. The van der Waals surface area contributed by atoms with Gasteiger partial charge in [-0.25, -0.2) is 4.79 Å². The summed E-state index contributed by atoms with van der Waals surface area (Å²) in [5.41, 5.74) is 5.33. The third kappa shape index (κ3) is 3.79. The molecule has 0 unspecified atom stereocenters. The number of halogens is 2. The number of hydrogen-bond acceptors (Lipinski definition) is 3. The molecule has 0 bridgehead atoms. The number of nitriles is 1. The second kappa shape index (κ2) is 8.47. The Kier molecular flexibility index (Phi) is 5.73. The Morgan fingerprint density at radius 3 is 2.52 bits per heavy atom. The molecule has 0 aliphatic heterocycles. The number of carbonyl (C=O) groups excluding carboxylic acids is 1. The van der Waals surface area contributed by atoms with Gasteiger partial charge in [0.25, 0.3) is 0 Å². The van der Waals surface area contributed by atoms with Crippen molar-refractivity contribution in [2.75, 3.05) is 7.11 Å².